The van der Waals surface area contributed by atoms with Crippen molar-refractivity contribution in [2.24, 2.45) is 0 Å². The van der Waals surface area contributed by atoms with Crippen LogP contribution < -0.4 is 26.2 Å². The lowest BCUT2D eigenvalue weighted by Gasteiger charge is -2.44. The average molecular weight is 885 g/mol. The molecule has 0 aromatic heterocycles. The number of hydrogen-bond donors (Lipinski definition) is 0. The molecule has 11 aromatic carbocycles. The summed E-state index contributed by atoms with van der Waals surface area (Å²) in [5.41, 5.74) is 21.1. The Morgan fingerprint density at radius 3 is 1.59 bits per heavy atom. The zero-order valence-corrected chi connectivity index (χ0v) is 40.2. The predicted octanol–water partition coefficient (Wildman–Crippen LogP) is 16.3. The molecule has 2 heterocycles. The molecule has 0 fully saturated rings. The molecular formula is C66H53BN2. The minimum atomic E-state index is -0.0554. The number of para-hydroxylation sites is 1. The molecule has 0 saturated heterocycles. The smallest absolute Gasteiger partial charge is 0.252 e. The van der Waals surface area contributed by atoms with Gasteiger partial charge in [-0.3, -0.25) is 0 Å². The number of hydrogen-bond acceptors (Lipinski definition) is 2. The summed E-state index contributed by atoms with van der Waals surface area (Å²) in [6, 6.07) is 80.3. The van der Waals surface area contributed by atoms with Crippen LogP contribution in [0, 0.1) is 0 Å². The van der Waals surface area contributed by atoms with Gasteiger partial charge in [-0.25, -0.2) is 0 Å². The maximum atomic E-state index is 2.59. The quantitative estimate of drug-likeness (QED) is 0.126. The summed E-state index contributed by atoms with van der Waals surface area (Å²) in [4.78, 5) is 5.11. The van der Waals surface area contributed by atoms with Crippen molar-refractivity contribution >= 4 is 89.5 Å². The summed E-state index contributed by atoms with van der Waals surface area (Å²) in [6.45, 7) is 13.9. The van der Waals surface area contributed by atoms with Crippen LogP contribution in [0.15, 0.2) is 212 Å². The monoisotopic (exact) mass is 884 g/mol. The molecule has 0 spiro atoms. The van der Waals surface area contributed by atoms with Gasteiger partial charge in [-0.2, -0.15) is 0 Å². The van der Waals surface area contributed by atoms with Crippen LogP contribution in [0.25, 0.3) is 65.7 Å². The fourth-order valence-corrected chi connectivity index (χ4v) is 11.6. The van der Waals surface area contributed by atoms with Gasteiger partial charge in [0.05, 0.1) is 5.69 Å². The fourth-order valence-electron chi connectivity index (χ4n) is 11.6. The van der Waals surface area contributed by atoms with E-state index in [-0.39, 0.29) is 17.5 Å². The summed E-state index contributed by atoms with van der Waals surface area (Å²) < 4.78 is 0. The highest BCUT2D eigenvalue weighted by Gasteiger charge is 2.43. The highest BCUT2D eigenvalue weighted by atomic mass is 15.2. The van der Waals surface area contributed by atoms with E-state index in [0.29, 0.717) is 0 Å². The Bertz CT molecular complexity index is 3780. The molecule has 2 aliphatic rings. The third-order valence-corrected chi connectivity index (χ3v) is 15.1. The molecule has 0 amide bonds. The highest BCUT2D eigenvalue weighted by Crippen LogP contribution is 2.49. The topological polar surface area (TPSA) is 6.48 Å². The van der Waals surface area contributed by atoms with Crippen molar-refractivity contribution in [1.82, 2.24) is 0 Å². The van der Waals surface area contributed by atoms with Crippen molar-refractivity contribution in [3.05, 3.63) is 223 Å². The lowest BCUT2D eigenvalue weighted by Crippen LogP contribution is -2.61. The van der Waals surface area contributed by atoms with Crippen LogP contribution in [0.3, 0.4) is 0 Å². The van der Waals surface area contributed by atoms with E-state index in [1.54, 1.807) is 0 Å². The molecule has 0 aliphatic carbocycles. The van der Waals surface area contributed by atoms with Gasteiger partial charge in [0.2, 0.25) is 0 Å². The number of anilines is 6. The van der Waals surface area contributed by atoms with Gasteiger partial charge >= 0.3 is 0 Å². The first-order valence-electron chi connectivity index (χ1n) is 24.5. The third-order valence-electron chi connectivity index (χ3n) is 15.1. The molecule has 2 aliphatic heterocycles. The van der Waals surface area contributed by atoms with E-state index in [1.807, 2.05) is 0 Å². The largest absolute Gasteiger partial charge is 0.311 e. The minimum absolute atomic E-state index is 0.000802. The van der Waals surface area contributed by atoms with E-state index in [4.69, 9.17) is 0 Å². The SMILES string of the molecule is CC(C)(C)c1ccc(N2c3ccc(-c4ccc(-c5ccccc5)cc4)cc3B3c4ccccc4N(c4ccc(C(C)(C)C)cc4-c4ccc5ccc6cccc7ccc4c5c67)c4cccc2c43)cc1. The second-order valence-electron chi connectivity index (χ2n) is 21.3. The van der Waals surface area contributed by atoms with Gasteiger partial charge in [0, 0.05) is 34.0 Å². The predicted molar refractivity (Wildman–Crippen MR) is 298 cm³/mol. The summed E-state index contributed by atoms with van der Waals surface area (Å²) in [5.74, 6) is 0. The molecule has 0 bridgehead atoms. The van der Waals surface area contributed by atoms with Gasteiger partial charge in [0.15, 0.2) is 0 Å². The molecule has 0 atom stereocenters. The molecule has 0 unspecified atom stereocenters. The van der Waals surface area contributed by atoms with Gasteiger partial charge in [-0.05, 0) is 147 Å². The Balaban J connectivity index is 1.05. The van der Waals surface area contributed by atoms with E-state index >= 15 is 0 Å². The summed E-state index contributed by atoms with van der Waals surface area (Å²) in [7, 11) is 0. The maximum absolute atomic E-state index is 2.59. The van der Waals surface area contributed by atoms with Crippen molar-refractivity contribution in [3.63, 3.8) is 0 Å². The Morgan fingerprint density at radius 2 is 0.870 bits per heavy atom. The van der Waals surface area contributed by atoms with Crippen LogP contribution in [-0.4, -0.2) is 6.71 Å². The first-order chi connectivity index (χ1) is 33.5. The Hall–Kier alpha value is -7.88. The van der Waals surface area contributed by atoms with Crippen LogP contribution in [-0.2, 0) is 10.8 Å². The van der Waals surface area contributed by atoms with Crippen molar-refractivity contribution < 1.29 is 0 Å². The first-order valence-corrected chi connectivity index (χ1v) is 24.5. The average Bonchev–Trinajstić information content (AvgIpc) is 3.37. The van der Waals surface area contributed by atoms with Gasteiger partial charge in [-0.15, -0.1) is 0 Å². The lowest BCUT2D eigenvalue weighted by molar-refractivity contribution is 0.590. The zero-order chi connectivity index (χ0) is 46.8. The van der Waals surface area contributed by atoms with Gasteiger partial charge in [0.1, 0.15) is 0 Å². The van der Waals surface area contributed by atoms with E-state index in [9.17, 15) is 0 Å². The Kier molecular flexibility index (Phi) is 9.18. The maximum Gasteiger partial charge on any atom is 0.252 e. The third kappa shape index (κ3) is 6.55. The van der Waals surface area contributed by atoms with Crippen molar-refractivity contribution in [2.45, 2.75) is 52.4 Å². The normalized spacial score (nSPS) is 13.3. The van der Waals surface area contributed by atoms with Crippen LogP contribution >= 0.6 is 0 Å². The van der Waals surface area contributed by atoms with E-state index in [1.165, 1.54) is 122 Å². The molecule has 330 valence electrons. The summed E-state index contributed by atoms with van der Waals surface area (Å²) in [6.07, 6.45) is 0. The van der Waals surface area contributed by atoms with Crippen LogP contribution in [0.1, 0.15) is 52.7 Å². The Labute approximate surface area is 406 Å². The highest BCUT2D eigenvalue weighted by molar-refractivity contribution is 7.00. The van der Waals surface area contributed by atoms with Gasteiger partial charge in [0.25, 0.3) is 6.71 Å². The standard InChI is InChI=1S/C66H53BN2/c1-65(2,3)49-31-34-51(35-32-49)68-59-38-30-48(44-24-22-43(23-25-44)42-14-8-7-9-15-42)40-56(59)67-55-18-10-11-19-58(55)69(61-21-13-20-60(68)64(61)67)57-39-33-50(66(4,5)6)41-54(57)52-36-28-47-27-26-45-16-12-17-46-29-37-53(52)63(47)62(45)46/h7-41H,1-6H3. The second-order valence-corrected chi connectivity index (χ2v) is 21.3. The molecule has 0 N–H and O–H groups in total. The van der Waals surface area contributed by atoms with E-state index < -0.39 is 0 Å². The van der Waals surface area contributed by atoms with Crippen LogP contribution in [0.2, 0.25) is 0 Å². The lowest BCUT2D eigenvalue weighted by atomic mass is 9.33. The molecule has 69 heavy (non-hydrogen) atoms. The minimum Gasteiger partial charge on any atom is -0.311 e. The van der Waals surface area contributed by atoms with Crippen LogP contribution in [0.5, 0.6) is 0 Å². The summed E-state index contributed by atoms with van der Waals surface area (Å²) >= 11 is 0. The van der Waals surface area contributed by atoms with E-state index in [2.05, 4.69) is 264 Å². The van der Waals surface area contributed by atoms with Crippen molar-refractivity contribution in [1.29, 1.82) is 0 Å². The number of fused-ring (bicyclic) bond motifs is 4. The molecule has 3 heteroatoms. The molecule has 2 nitrogen and oxygen atoms in total. The van der Waals surface area contributed by atoms with E-state index in [0.717, 1.165) is 5.69 Å². The Morgan fingerprint density at radius 1 is 0.333 bits per heavy atom. The number of nitrogens with zero attached hydrogens (tertiary/aromatic N) is 2. The van der Waals surface area contributed by atoms with Gasteiger partial charge in [-0.1, -0.05) is 205 Å². The molecule has 0 saturated carbocycles. The molecule has 13 rings (SSSR count). The second kappa shape index (κ2) is 15.3. The summed E-state index contributed by atoms with van der Waals surface area (Å²) in [5, 5.41) is 7.79. The first kappa shape index (κ1) is 41.3. The molecule has 11 aromatic rings. The van der Waals surface area contributed by atoms with Crippen molar-refractivity contribution in [2.75, 3.05) is 9.80 Å². The number of benzene rings is 11. The molecule has 0 radical (unpaired) electrons. The van der Waals surface area contributed by atoms with Crippen LogP contribution in [0.4, 0.5) is 34.1 Å². The van der Waals surface area contributed by atoms with Crippen molar-refractivity contribution in [3.8, 4) is 33.4 Å². The van der Waals surface area contributed by atoms with Gasteiger partial charge < -0.3 is 9.80 Å². The zero-order valence-electron chi connectivity index (χ0n) is 40.2. The fraction of sp³-hybridized carbons (Fsp3) is 0.121. The number of rotatable bonds is 5. The molecular weight excluding hydrogens is 832 g/mol.